The highest BCUT2D eigenvalue weighted by molar-refractivity contribution is 7.90. The molecule has 1 aromatic rings. The fourth-order valence-electron chi connectivity index (χ4n) is 2.81. The average Bonchev–Trinajstić information content (AvgIpc) is 3.30. The normalized spacial score (nSPS) is 25.5. The zero-order valence-electron chi connectivity index (χ0n) is 13.5. The summed E-state index contributed by atoms with van der Waals surface area (Å²) in [6, 6.07) is 5.54. The fraction of sp³-hybridized carbons (Fsp3) is 0.600. The van der Waals surface area contributed by atoms with Gasteiger partial charge < -0.3 is 5.32 Å². The van der Waals surface area contributed by atoms with Gasteiger partial charge in [-0.15, -0.1) is 0 Å². The number of piperidine rings is 1. The zero-order valence-corrected chi connectivity index (χ0v) is 15.2. The van der Waals surface area contributed by atoms with Gasteiger partial charge in [0.25, 0.3) is 0 Å². The van der Waals surface area contributed by atoms with E-state index >= 15 is 0 Å². The molecule has 9 heteroatoms. The minimum atomic E-state index is -3.65. The number of rotatable bonds is 6. The molecule has 1 aromatic carbocycles. The fourth-order valence-corrected chi connectivity index (χ4v) is 5.40. The van der Waals surface area contributed by atoms with Crippen molar-refractivity contribution in [3.05, 3.63) is 24.3 Å². The highest BCUT2D eigenvalue weighted by atomic mass is 32.2. The van der Waals surface area contributed by atoms with Crippen molar-refractivity contribution in [2.75, 3.05) is 6.54 Å². The largest absolute Gasteiger partial charge is 0.314 e. The van der Waals surface area contributed by atoms with Crippen molar-refractivity contribution in [1.82, 2.24) is 14.8 Å². The summed E-state index contributed by atoms with van der Waals surface area (Å²) in [5.41, 5.74) is 0. The second kappa shape index (κ2) is 6.72. The molecule has 1 aliphatic heterocycles. The van der Waals surface area contributed by atoms with Crippen molar-refractivity contribution in [3.63, 3.8) is 0 Å². The maximum atomic E-state index is 12.5. The molecule has 2 aliphatic rings. The van der Waals surface area contributed by atoms with E-state index in [1.807, 2.05) is 6.92 Å². The van der Waals surface area contributed by atoms with Crippen molar-refractivity contribution in [1.29, 1.82) is 0 Å². The molecule has 24 heavy (non-hydrogen) atoms. The lowest BCUT2D eigenvalue weighted by atomic mass is 10.0. The number of sulfonamides is 2. The summed E-state index contributed by atoms with van der Waals surface area (Å²) in [5.74, 6) is 0. The Morgan fingerprint density at radius 2 is 1.38 bits per heavy atom. The van der Waals surface area contributed by atoms with Gasteiger partial charge >= 0.3 is 0 Å². The Labute approximate surface area is 143 Å². The second-order valence-corrected chi connectivity index (χ2v) is 9.99. The standard InChI is InChI=1S/C15H23N3O4S2/c1-11-10-13(8-9-16-11)18-24(21,22)15-6-4-14(5-7-15)23(19,20)17-12-2-3-12/h4-7,11-13,16-18H,2-3,8-10H2,1H3. The Balaban J connectivity index is 1.71. The van der Waals surface area contributed by atoms with Crippen LogP contribution in [-0.4, -0.2) is 41.5 Å². The molecule has 0 aromatic heterocycles. The van der Waals surface area contributed by atoms with Gasteiger partial charge in [-0.3, -0.25) is 0 Å². The molecule has 0 radical (unpaired) electrons. The third kappa shape index (κ3) is 4.34. The molecule has 3 N–H and O–H groups in total. The second-order valence-electron chi connectivity index (χ2n) is 6.56. The molecule has 1 aliphatic carbocycles. The molecule has 1 heterocycles. The van der Waals surface area contributed by atoms with Crippen LogP contribution < -0.4 is 14.8 Å². The van der Waals surface area contributed by atoms with Gasteiger partial charge in [0, 0.05) is 18.1 Å². The molecule has 0 amide bonds. The van der Waals surface area contributed by atoms with E-state index in [0.29, 0.717) is 0 Å². The van der Waals surface area contributed by atoms with Gasteiger partial charge in [-0.1, -0.05) is 0 Å². The SMILES string of the molecule is CC1CC(NS(=O)(=O)c2ccc(S(=O)(=O)NC3CC3)cc2)CCN1. The van der Waals surface area contributed by atoms with E-state index < -0.39 is 20.0 Å². The lowest BCUT2D eigenvalue weighted by molar-refractivity contribution is 0.361. The third-order valence-corrected chi connectivity index (χ3v) is 7.36. The quantitative estimate of drug-likeness (QED) is 0.675. The van der Waals surface area contributed by atoms with Crippen molar-refractivity contribution in [2.45, 2.75) is 60.5 Å². The first-order valence-electron chi connectivity index (χ1n) is 8.14. The number of benzene rings is 1. The smallest absolute Gasteiger partial charge is 0.240 e. The van der Waals surface area contributed by atoms with E-state index in [4.69, 9.17) is 0 Å². The lowest BCUT2D eigenvalue weighted by Crippen LogP contribution is -2.46. The number of hydrogen-bond acceptors (Lipinski definition) is 5. The van der Waals surface area contributed by atoms with Gasteiger partial charge in [0.1, 0.15) is 0 Å². The first kappa shape index (κ1) is 17.8. The highest BCUT2D eigenvalue weighted by Crippen LogP contribution is 2.23. The Morgan fingerprint density at radius 3 is 1.83 bits per heavy atom. The molecule has 2 atom stereocenters. The molecular weight excluding hydrogens is 350 g/mol. The summed E-state index contributed by atoms with van der Waals surface area (Å²) in [4.78, 5) is 0.169. The Hall–Kier alpha value is -1.00. The molecule has 3 rings (SSSR count). The Kier molecular flexibility index (Phi) is 4.99. The zero-order chi connectivity index (χ0) is 17.4. The molecule has 134 valence electrons. The van der Waals surface area contributed by atoms with Crippen LogP contribution >= 0.6 is 0 Å². The van der Waals surface area contributed by atoms with Gasteiger partial charge in [-0.2, -0.15) is 0 Å². The van der Waals surface area contributed by atoms with E-state index in [-0.39, 0.29) is 27.9 Å². The van der Waals surface area contributed by atoms with Crippen molar-refractivity contribution in [2.24, 2.45) is 0 Å². The van der Waals surface area contributed by atoms with Crippen LogP contribution in [0.5, 0.6) is 0 Å². The minimum Gasteiger partial charge on any atom is -0.314 e. The van der Waals surface area contributed by atoms with Crippen molar-refractivity contribution >= 4 is 20.0 Å². The van der Waals surface area contributed by atoms with E-state index in [9.17, 15) is 16.8 Å². The Morgan fingerprint density at radius 1 is 0.875 bits per heavy atom. The Bertz CT molecular complexity index is 787. The monoisotopic (exact) mass is 373 g/mol. The van der Waals surface area contributed by atoms with Gasteiger partial charge in [-0.05, 0) is 63.4 Å². The summed E-state index contributed by atoms with van der Waals surface area (Å²) in [5, 5.41) is 3.27. The van der Waals surface area contributed by atoms with E-state index in [1.165, 1.54) is 24.3 Å². The molecule has 1 saturated heterocycles. The molecule has 0 spiro atoms. The minimum absolute atomic E-state index is 0.0157. The van der Waals surface area contributed by atoms with Crippen LogP contribution in [-0.2, 0) is 20.0 Å². The van der Waals surface area contributed by atoms with Crippen LogP contribution in [0.4, 0.5) is 0 Å². The van der Waals surface area contributed by atoms with Crippen LogP contribution in [0.2, 0.25) is 0 Å². The summed E-state index contributed by atoms with van der Waals surface area (Å²) in [6.45, 7) is 2.80. The average molecular weight is 374 g/mol. The molecule has 0 bridgehead atoms. The van der Waals surface area contributed by atoms with Gasteiger partial charge in [0.05, 0.1) is 9.79 Å². The molecule has 2 fully saturated rings. The van der Waals surface area contributed by atoms with Crippen LogP contribution in [0, 0.1) is 0 Å². The van der Waals surface area contributed by atoms with Gasteiger partial charge in [0.2, 0.25) is 20.0 Å². The lowest BCUT2D eigenvalue weighted by Gasteiger charge is -2.28. The van der Waals surface area contributed by atoms with Crippen LogP contribution in [0.3, 0.4) is 0 Å². The maximum absolute atomic E-state index is 12.5. The number of nitrogens with one attached hydrogen (secondary N) is 3. The third-order valence-electron chi connectivity index (χ3n) is 4.29. The van der Waals surface area contributed by atoms with Crippen LogP contribution in [0.1, 0.15) is 32.6 Å². The van der Waals surface area contributed by atoms with Crippen molar-refractivity contribution < 1.29 is 16.8 Å². The first-order chi connectivity index (χ1) is 11.3. The van der Waals surface area contributed by atoms with E-state index in [2.05, 4.69) is 14.8 Å². The number of hydrogen-bond donors (Lipinski definition) is 3. The van der Waals surface area contributed by atoms with Crippen LogP contribution in [0.15, 0.2) is 34.1 Å². The molecular formula is C15H23N3O4S2. The maximum Gasteiger partial charge on any atom is 0.240 e. The summed E-state index contributed by atoms with van der Waals surface area (Å²) in [7, 11) is -7.22. The summed E-state index contributed by atoms with van der Waals surface area (Å²) >= 11 is 0. The molecule has 7 nitrogen and oxygen atoms in total. The van der Waals surface area contributed by atoms with E-state index in [0.717, 1.165) is 32.2 Å². The van der Waals surface area contributed by atoms with Crippen molar-refractivity contribution in [3.8, 4) is 0 Å². The topological polar surface area (TPSA) is 104 Å². The van der Waals surface area contributed by atoms with Crippen LogP contribution in [0.25, 0.3) is 0 Å². The molecule has 2 unspecified atom stereocenters. The van der Waals surface area contributed by atoms with Gasteiger partial charge in [-0.25, -0.2) is 26.3 Å². The highest BCUT2D eigenvalue weighted by Gasteiger charge is 2.29. The molecule has 1 saturated carbocycles. The predicted molar refractivity (Wildman–Crippen MR) is 90.6 cm³/mol. The first-order valence-corrected chi connectivity index (χ1v) is 11.1. The predicted octanol–water partition coefficient (Wildman–Crippen LogP) is 0.546. The summed E-state index contributed by atoms with van der Waals surface area (Å²) in [6.07, 6.45) is 3.17. The summed E-state index contributed by atoms with van der Waals surface area (Å²) < 4.78 is 54.4. The van der Waals surface area contributed by atoms with E-state index in [1.54, 1.807) is 0 Å². The van der Waals surface area contributed by atoms with Gasteiger partial charge in [0.15, 0.2) is 0 Å².